The molecule has 0 aromatic heterocycles. The molecule has 2 aromatic carbocycles. The molecule has 132 valence electrons. The van der Waals surface area contributed by atoms with Crippen molar-refractivity contribution in [2.75, 3.05) is 18.0 Å². The first kappa shape index (κ1) is 19.3. The smallest absolute Gasteiger partial charge is 0.223 e. The summed E-state index contributed by atoms with van der Waals surface area (Å²) >= 11 is 11.7. The van der Waals surface area contributed by atoms with E-state index in [0.29, 0.717) is 23.1 Å². The topological polar surface area (TPSA) is 49.4 Å². The highest BCUT2D eigenvalue weighted by Crippen LogP contribution is 2.18. The van der Waals surface area contributed by atoms with Crippen molar-refractivity contribution in [2.24, 2.45) is 0 Å². The van der Waals surface area contributed by atoms with Gasteiger partial charge in [0.15, 0.2) is 0 Å². The summed E-state index contributed by atoms with van der Waals surface area (Å²) in [6.45, 7) is 2.35. The lowest BCUT2D eigenvalue weighted by Gasteiger charge is -2.21. The Balaban J connectivity index is 1.79. The summed E-state index contributed by atoms with van der Waals surface area (Å²) in [5.41, 5.74) is 1.84. The predicted molar refractivity (Wildman–Crippen MR) is 102 cm³/mol. The van der Waals surface area contributed by atoms with Crippen LogP contribution in [0.5, 0.6) is 0 Å². The molecule has 0 radical (unpaired) electrons. The van der Waals surface area contributed by atoms with Gasteiger partial charge in [0.25, 0.3) is 0 Å². The zero-order valence-corrected chi connectivity index (χ0v) is 15.5. The number of benzene rings is 2. The molecule has 0 aliphatic heterocycles. The Hall–Kier alpha value is -2.04. The van der Waals surface area contributed by atoms with E-state index >= 15 is 0 Å². The molecule has 6 heteroatoms. The first-order valence-electron chi connectivity index (χ1n) is 8.00. The highest BCUT2D eigenvalue weighted by atomic mass is 35.5. The third kappa shape index (κ3) is 6.40. The fourth-order valence-electron chi connectivity index (χ4n) is 2.39. The maximum Gasteiger partial charge on any atom is 0.223 e. The standard InChI is InChI=1S/C19H20Cl2N2O2/c1-14(24)23(18-8-6-17(21)7-9-18)13-11-19(25)22-12-10-15-2-4-16(20)5-3-15/h2-9H,10-13H2,1H3,(H,22,25). The van der Waals surface area contributed by atoms with Gasteiger partial charge in [-0.3, -0.25) is 9.59 Å². The molecule has 4 nitrogen and oxygen atoms in total. The average Bonchev–Trinajstić information content (AvgIpc) is 2.58. The first-order valence-corrected chi connectivity index (χ1v) is 8.76. The molecule has 0 atom stereocenters. The van der Waals surface area contributed by atoms with Crippen LogP contribution in [-0.2, 0) is 16.0 Å². The van der Waals surface area contributed by atoms with E-state index in [0.717, 1.165) is 17.7 Å². The summed E-state index contributed by atoms with van der Waals surface area (Å²) in [6, 6.07) is 14.5. The van der Waals surface area contributed by atoms with Crippen molar-refractivity contribution in [1.29, 1.82) is 0 Å². The molecule has 0 fully saturated rings. The van der Waals surface area contributed by atoms with Gasteiger partial charge in [0, 0.05) is 42.2 Å². The Morgan fingerprint density at radius 2 is 1.52 bits per heavy atom. The van der Waals surface area contributed by atoms with Gasteiger partial charge in [-0.15, -0.1) is 0 Å². The van der Waals surface area contributed by atoms with Gasteiger partial charge >= 0.3 is 0 Å². The molecule has 0 unspecified atom stereocenters. The molecule has 0 bridgehead atoms. The summed E-state index contributed by atoms with van der Waals surface area (Å²) in [4.78, 5) is 25.4. The van der Waals surface area contributed by atoms with E-state index in [2.05, 4.69) is 5.32 Å². The number of carbonyl (C=O) groups excluding carboxylic acids is 2. The van der Waals surface area contributed by atoms with Crippen LogP contribution in [0.1, 0.15) is 18.9 Å². The average molecular weight is 379 g/mol. The number of hydrogen-bond donors (Lipinski definition) is 1. The van der Waals surface area contributed by atoms with E-state index in [9.17, 15) is 9.59 Å². The normalized spacial score (nSPS) is 10.4. The molecular formula is C19H20Cl2N2O2. The quantitative estimate of drug-likeness (QED) is 0.788. The third-order valence-electron chi connectivity index (χ3n) is 3.73. The molecule has 2 amide bonds. The molecule has 0 aliphatic carbocycles. The van der Waals surface area contributed by atoms with Gasteiger partial charge in [-0.05, 0) is 48.4 Å². The highest BCUT2D eigenvalue weighted by Gasteiger charge is 2.13. The summed E-state index contributed by atoms with van der Waals surface area (Å²) in [5.74, 6) is -0.203. The van der Waals surface area contributed by atoms with Crippen molar-refractivity contribution < 1.29 is 9.59 Å². The van der Waals surface area contributed by atoms with Crippen LogP contribution in [0.3, 0.4) is 0 Å². The molecule has 2 rings (SSSR count). The number of hydrogen-bond acceptors (Lipinski definition) is 2. The van der Waals surface area contributed by atoms with E-state index in [4.69, 9.17) is 23.2 Å². The second kappa shape index (κ2) is 9.44. The molecule has 0 aliphatic rings. The summed E-state index contributed by atoms with van der Waals surface area (Å²) < 4.78 is 0. The minimum absolute atomic E-state index is 0.0887. The van der Waals surface area contributed by atoms with Crippen molar-refractivity contribution in [3.63, 3.8) is 0 Å². The van der Waals surface area contributed by atoms with Crippen LogP contribution in [0, 0.1) is 0 Å². The molecule has 25 heavy (non-hydrogen) atoms. The van der Waals surface area contributed by atoms with E-state index in [1.807, 2.05) is 24.3 Å². The summed E-state index contributed by atoms with van der Waals surface area (Å²) in [6.07, 6.45) is 0.972. The Kier molecular flexibility index (Phi) is 7.29. The molecule has 0 heterocycles. The maximum atomic E-state index is 12.0. The Labute approximate surface area is 157 Å². The monoisotopic (exact) mass is 378 g/mol. The largest absolute Gasteiger partial charge is 0.356 e. The third-order valence-corrected chi connectivity index (χ3v) is 4.23. The van der Waals surface area contributed by atoms with Gasteiger partial charge in [-0.1, -0.05) is 35.3 Å². The maximum absolute atomic E-state index is 12.0. The fourth-order valence-corrected chi connectivity index (χ4v) is 2.64. The lowest BCUT2D eigenvalue weighted by Crippen LogP contribution is -2.34. The predicted octanol–water partition coefficient (Wildman–Crippen LogP) is 4.10. The Morgan fingerprint density at radius 3 is 2.08 bits per heavy atom. The number of halogens is 2. The van der Waals surface area contributed by atoms with Crippen LogP contribution in [0.15, 0.2) is 48.5 Å². The SMILES string of the molecule is CC(=O)N(CCC(=O)NCCc1ccc(Cl)cc1)c1ccc(Cl)cc1. The zero-order valence-electron chi connectivity index (χ0n) is 14.0. The van der Waals surface area contributed by atoms with Gasteiger partial charge in [0.1, 0.15) is 0 Å². The summed E-state index contributed by atoms with van der Waals surface area (Å²) in [7, 11) is 0. The first-order chi connectivity index (χ1) is 12.0. The van der Waals surface area contributed by atoms with Gasteiger partial charge in [-0.25, -0.2) is 0 Å². The van der Waals surface area contributed by atoms with E-state index in [1.54, 1.807) is 29.2 Å². The van der Waals surface area contributed by atoms with Crippen molar-refractivity contribution in [1.82, 2.24) is 5.32 Å². The van der Waals surface area contributed by atoms with Crippen LogP contribution < -0.4 is 10.2 Å². The summed E-state index contributed by atoms with van der Waals surface area (Å²) in [5, 5.41) is 4.17. The van der Waals surface area contributed by atoms with Crippen LogP contribution in [0.2, 0.25) is 10.0 Å². The lowest BCUT2D eigenvalue weighted by molar-refractivity contribution is -0.121. The van der Waals surface area contributed by atoms with Gasteiger partial charge in [0.2, 0.25) is 11.8 Å². The van der Waals surface area contributed by atoms with Crippen LogP contribution >= 0.6 is 23.2 Å². The molecule has 0 spiro atoms. The number of amides is 2. The molecule has 0 saturated heterocycles. The van der Waals surface area contributed by atoms with E-state index in [1.165, 1.54) is 6.92 Å². The number of anilines is 1. The molecular weight excluding hydrogens is 359 g/mol. The van der Waals surface area contributed by atoms with E-state index in [-0.39, 0.29) is 18.2 Å². The Morgan fingerprint density at radius 1 is 0.960 bits per heavy atom. The zero-order chi connectivity index (χ0) is 18.2. The minimum Gasteiger partial charge on any atom is -0.356 e. The van der Waals surface area contributed by atoms with Gasteiger partial charge < -0.3 is 10.2 Å². The molecule has 0 saturated carbocycles. The number of nitrogens with one attached hydrogen (secondary N) is 1. The molecule has 1 N–H and O–H groups in total. The van der Waals surface area contributed by atoms with E-state index < -0.39 is 0 Å². The van der Waals surface area contributed by atoms with Crippen LogP contribution in [-0.4, -0.2) is 24.9 Å². The Bertz CT molecular complexity index is 715. The van der Waals surface area contributed by atoms with Crippen molar-refractivity contribution in [3.05, 3.63) is 64.1 Å². The van der Waals surface area contributed by atoms with Crippen molar-refractivity contribution in [2.45, 2.75) is 19.8 Å². The van der Waals surface area contributed by atoms with Crippen molar-refractivity contribution >= 4 is 40.7 Å². The number of rotatable bonds is 7. The van der Waals surface area contributed by atoms with Gasteiger partial charge in [-0.2, -0.15) is 0 Å². The second-order valence-corrected chi connectivity index (χ2v) is 6.50. The minimum atomic E-state index is -0.115. The van der Waals surface area contributed by atoms with Crippen LogP contribution in [0.25, 0.3) is 0 Å². The van der Waals surface area contributed by atoms with Crippen LogP contribution in [0.4, 0.5) is 5.69 Å². The fraction of sp³-hybridized carbons (Fsp3) is 0.263. The molecule has 2 aromatic rings. The number of nitrogens with zero attached hydrogens (tertiary/aromatic N) is 1. The second-order valence-electron chi connectivity index (χ2n) is 5.62. The highest BCUT2D eigenvalue weighted by molar-refractivity contribution is 6.30. The number of carbonyl (C=O) groups is 2. The van der Waals surface area contributed by atoms with Gasteiger partial charge in [0.05, 0.1) is 0 Å². The lowest BCUT2D eigenvalue weighted by atomic mass is 10.1. The van der Waals surface area contributed by atoms with Crippen molar-refractivity contribution in [3.8, 4) is 0 Å².